The zero-order valence-electron chi connectivity index (χ0n) is 32.3. The summed E-state index contributed by atoms with van der Waals surface area (Å²) in [6, 6.07) is 11.0. The van der Waals surface area contributed by atoms with Crippen LogP contribution in [-0.4, -0.2) is 36.1 Å². The SMILES string of the molecule is CCCC1(C(=O)NCc2cccc(C(=O)NCc3ccc(C(=O)OC)s3)c2)CC[C@]2(C)C(CCC3C4(C)CCC(O)C(C)(C)C4CCC32C)C1C. The molecule has 4 saturated carbocycles. The third-order valence-corrected chi connectivity index (χ3v) is 16.8. The topological polar surface area (TPSA) is 105 Å². The van der Waals surface area contributed by atoms with Crippen LogP contribution in [0.3, 0.4) is 0 Å². The first-order valence-electron chi connectivity index (χ1n) is 19.6. The second-order valence-corrected chi connectivity index (χ2v) is 19.2. The van der Waals surface area contributed by atoms with Gasteiger partial charge in [-0.3, -0.25) is 9.59 Å². The highest BCUT2D eigenvalue weighted by molar-refractivity contribution is 7.13. The number of carbonyl (C=O) groups excluding carboxylic acids is 3. The largest absolute Gasteiger partial charge is 0.465 e. The van der Waals surface area contributed by atoms with Crippen LogP contribution in [0.1, 0.15) is 143 Å². The van der Waals surface area contributed by atoms with E-state index in [0.29, 0.717) is 41.3 Å². The van der Waals surface area contributed by atoms with E-state index in [4.69, 9.17) is 4.74 Å². The number of ether oxygens (including phenoxy) is 1. The third-order valence-electron chi connectivity index (χ3n) is 15.7. The zero-order chi connectivity index (χ0) is 37.0. The molecule has 2 aromatic rings. The Hall–Kier alpha value is -2.71. The van der Waals surface area contributed by atoms with Crippen LogP contribution in [0.5, 0.6) is 0 Å². The Kier molecular flexibility index (Phi) is 10.4. The average Bonchev–Trinajstić information content (AvgIpc) is 3.59. The minimum absolute atomic E-state index is 0.0505. The summed E-state index contributed by atoms with van der Waals surface area (Å²) < 4.78 is 4.79. The minimum atomic E-state index is -0.404. The van der Waals surface area contributed by atoms with E-state index < -0.39 is 5.41 Å². The molecule has 8 heteroatoms. The number of carbonyl (C=O) groups is 3. The molecule has 1 aromatic heterocycles. The monoisotopic (exact) mass is 718 g/mol. The number of esters is 1. The van der Waals surface area contributed by atoms with E-state index in [1.165, 1.54) is 44.1 Å². The Morgan fingerprint density at radius 2 is 1.65 bits per heavy atom. The van der Waals surface area contributed by atoms with Gasteiger partial charge in [0, 0.05) is 17.0 Å². The summed E-state index contributed by atoms with van der Waals surface area (Å²) in [7, 11) is 1.36. The van der Waals surface area contributed by atoms with Crippen molar-refractivity contribution in [1.82, 2.24) is 10.6 Å². The molecule has 1 heterocycles. The van der Waals surface area contributed by atoms with Crippen LogP contribution >= 0.6 is 11.3 Å². The maximum atomic E-state index is 14.5. The fourth-order valence-corrected chi connectivity index (χ4v) is 13.6. The van der Waals surface area contributed by atoms with Crippen LogP contribution in [0.15, 0.2) is 36.4 Å². The summed E-state index contributed by atoms with van der Waals surface area (Å²) in [5.74, 6) is 1.55. The normalized spacial score (nSPS) is 36.9. The van der Waals surface area contributed by atoms with Crippen LogP contribution in [0, 0.1) is 50.7 Å². The quantitative estimate of drug-likeness (QED) is 0.225. The highest BCUT2D eigenvalue weighted by Gasteiger charge is 2.69. The van der Waals surface area contributed by atoms with Crippen molar-refractivity contribution in [1.29, 1.82) is 0 Å². The van der Waals surface area contributed by atoms with Gasteiger partial charge in [0.05, 0.1) is 25.2 Å². The highest BCUT2D eigenvalue weighted by atomic mass is 32.1. The lowest BCUT2D eigenvalue weighted by molar-refractivity contribution is -0.246. The first-order valence-corrected chi connectivity index (χ1v) is 20.4. The number of hydrogen-bond donors (Lipinski definition) is 3. The molecule has 9 atom stereocenters. The van der Waals surface area contributed by atoms with Crippen molar-refractivity contribution >= 4 is 29.1 Å². The lowest BCUT2D eigenvalue weighted by Crippen LogP contribution is -2.67. The smallest absolute Gasteiger partial charge is 0.348 e. The van der Waals surface area contributed by atoms with Gasteiger partial charge in [-0.05, 0) is 133 Å². The Morgan fingerprint density at radius 3 is 2.37 bits per heavy atom. The number of aliphatic hydroxyl groups is 1. The summed E-state index contributed by atoms with van der Waals surface area (Å²) in [6.07, 6.45) is 10.5. The molecule has 3 N–H and O–H groups in total. The second kappa shape index (κ2) is 13.9. The van der Waals surface area contributed by atoms with E-state index in [1.54, 1.807) is 12.1 Å². The van der Waals surface area contributed by atoms with Crippen molar-refractivity contribution in [3.05, 3.63) is 57.3 Å². The predicted octanol–water partition coefficient (Wildman–Crippen LogP) is 8.93. The molecule has 4 aliphatic carbocycles. The summed E-state index contributed by atoms with van der Waals surface area (Å²) in [5.41, 5.74) is 1.62. The van der Waals surface area contributed by atoms with Gasteiger partial charge in [-0.25, -0.2) is 4.79 Å². The molecule has 280 valence electrons. The molecule has 2 amide bonds. The number of amides is 2. The maximum Gasteiger partial charge on any atom is 0.348 e. The lowest BCUT2D eigenvalue weighted by atomic mass is 9.32. The molecule has 8 unspecified atom stereocenters. The second-order valence-electron chi connectivity index (χ2n) is 18.1. The van der Waals surface area contributed by atoms with Crippen LogP contribution < -0.4 is 10.6 Å². The van der Waals surface area contributed by atoms with Crippen LogP contribution in [0.2, 0.25) is 0 Å². The predicted molar refractivity (Wildman–Crippen MR) is 203 cm³/mol. The van der Waals surface area contributed by atoms with Crippen molar-refractivity contribution < 1.29 is 24.2 Å². The van der Waals surface area contributed by atoms with Gasteiger partial charge >= 0.3 is 5.97 Å². The van der Waals surface area contributed by atoms with E-state index in [0.717, 1.165) is 49.0 Å². The van der Waals surface area contributed by atoms with Crippen LogP contribution in [0.4, 0.5) is 0 Å². The average molecular weight is 719 g/mol. The highest BCUT2D eigenvalue weighted by Crippen LogP contribution is 2.75. The van der Waals surface area contributed by atoms with E-state index in [2.05, 4.69) is 59.1 Å². The summed E-state index contributed by atoms with van der Waals surface area (Å²) in [4.78, 5) is 40.7. The molecule has 6 rings (SSSR count). The van der Waals surface area contributed by atoms with Crippen LogP contribution in [-0.2, 0) is 22.6 Å². The Bertz CT molecular complexity index is 1640. The lowest BCUT2D eigenvalue weighted by Gasteiger charge is -2.72. The van der Waals surface area contributed by atoms with Crippen molar-refractivity contribution in [3.63, 3.8) is 0 Å². The molecule has 4 fully saturated rings. The number of hydrogen-bond acceptors (Lipinski definition) is 6. The molecule has 0 spiro atoms. The minimum Gasteiger partial charge on any atom is -0.465 e. The van der Waals surface area contributed by atoms with Crippen molar-refractivity contribution in [2.45, 2.75) is 132 Å². The van der Waals surface area contributed by atoms with Gasteiger partial charge in [-0.2, -0.15) is 0 Å². The molecular weight excluding hydrogens is 657 g/mol. The maximum absolute atomic E-state index is 14.5. The Morgan fingerprint density at radius 1 is 0.882 bits per heavy atom. The number of aliphatic hydroxyl groups excluding tert-OH is 1. The summed E-state index contributed by atoms with van der Waals surface area (Å²) in [5, 5.41) is 17.4. The summed E-state index contributed by atoms with van der Waals surface area (Å²) in [6.45, 7) is 17.7. The third kappa shape index (κ3) is 6.18. The number of fused-ring (bicyclic) bond motifs is 5. The molecule has 0 radical (unpaired) electrons. The van der Waals surface area contributed by atoms with Gasteiger partial charge in [0.25, 0.3) is 5.91 Å². The number of thiophene rings is 1. The van der Waals surface area contributed by atoms with Gasteiger partial charge in [0.15, 0.2) is 0 Å². The van der Waals surface area contributed by atoms with Crippen molar-refractivity contribution in [3.8, 4) is 0 Å². The number of rotatable bonds is 9. The van der Waals surface area contributed by atoms with Gasteiger partial charge in [0.1, 0.15) is 4.88 Å². The molecule has 1 aromatic carbocycles. The van der Waals surface area contributed by atoms with Gasteiger partial charge in [0.2, 0.25) is 5.91 Å². The van der Waals surface area contributed by atoms with Gasteiger partial charge in [-0.1, -0.05) is 67.0 Å². The number of benzene rings is 1. The van der Waals surface area contributed by atoms with E-state index in [9.17, 15) is 19.5 Å². The van der Waals surface area contributed by atoms with Gasteiger partial charge in [-0.15, -0.1) is 11.3 Å². The van der Waals surface area contributed by atoms with E-state index in [-0.39, 0.29) is 51.5 Å². The molecule has 0 saturated heterocycles. The zero-order valence-corrected chi connectivity index (χ0v) is 33.1. The molecular formula is C43H62N2O5S. The van der Waals surface area contributed by atoms with E-state index >= 15 is 0 Å². The fourth-order valence-electron chi connectivity index (χ4n) is 12.7. The van der Waals surface area contributed by atoms with Gasteiger partial charge < -0.3 is 20.5 Å². The fraction of sp³-hybridized carbons (Fsp3) is 0.698. The first-order chi connectivity index (χ1) is 24.1. The van der Waals surface area contributed by atoms with Crippen molar-refractivity contribution in [2.75, 3.05) is 7.11 Å². The Labute approximate surface area is 310 Å². The molecule has 7 nitrogen and oxygen atoms in total. The summed E-state index contributed by atoms with van der Waals surface area (Å²) >= 11 is 1.30. The molecule has 0 aliphatic heterocycles. The van der Waals surface area contributed by atoms with E-state index in [1.807, 2.05) is 24.3 Å². The molecule has 0 bridgehead atoms. The Balaban J connectivity index is 1.14. The molecule has 4 aliphatic rings. The number of methoxy groups -OCH3 is 1. The van der Waals surface area contributed by atoms with Crippen LogP contribution in [0.25, 0.3) is 0 Å². The standard InChI is InChI=1S/C43H62N2O5S/c1-9-19-43(38(49)45-25-28-11-10-12-29(24-28)36(47)44-26-30-13-15-32(51-30)37(48)50-8)23-22-41(6)31(27(43)2)14-16-34-40(5)20-18-35(46)39(3,4)33(40)17-21-42(34,41)7/h10-13,15,24,27,31,33-35,46H,9,14,16-23,25-26H2,1-8H3,(H,44,47)(H,45,49)/t27?,31?,33?,34?,35?,40?,41-,42?,43?/m1/s1. The number of nitrogens with one attached hydrogen (secondary N) is 2. The molecule has 51 heavy (non-hydrogen) atoms. The first kappa shape index (κ1) is 38.0. The van der Waals surface area contributed by atoms with Crippen molar-refractivity contribution in [2.24, 2.45) is 50.7 Å².